The zero-order valence-corrected chi connectivity index (χ0v) is 13.1. The Balaban J connectivity index is 1.68. The Bertz CT molecular complexity index is 919. The number of hydrogen-bond donors (Lipinski definition) is 0. The van der Waals surface area contributed by atoms with Crippen LogP contribution in [0, 0.1) is 0 Å². The molecule has 5 nitrogen and oxygen atoms in total. The molecule has 1 aliphatic heterocycles. The third-order valence-electron chi connectivity index (χ3n) is 3.94. The number of aromatic nitrogens is 3. The van der Waals surface area contributed by atoms with Crippen LogP contribution in [0.5, 0.6) is 0 Å². The normalized spacial score (nSPS) is 14.4. The summed E-state index contributed by atoms with van der Waals surface area (Å²) in [6, 6.07) is 16.5. The van der Waals surface area contributed by atoms with Crippen molar-refractivity contribution >= 4 is 22.6 Å². The maximum absolute atomic E-state index is 4.69. The monoisotopic (exact) mass is 303 g/mol. The first-order chi connectivity index (χ1) is 11.2. The molecule has 114 valence electrons. The molecular formula is C18H17N5. The van der Waals surface area contributed by atoms with E-state index in [1.54, 1.807) is 0 Å². The number of hydrogen-bond acceptors (Lipinski definition) is 4. The van der Waals surface area contributed by atoms with Gasteiger partial charge < -0.3 is 0 Å². The topological polar surface area (TPSA) is 55.4 Å². The van der Waals surface area contributed by atoms with Crippen LogP contribution >= 0.6 is 0 Å². The Hall–Kier alpha value is -2.82. The van der Waals surface area contributed by atoms with Crippen LogP contribution in [-0.4, -0.2) is 33.1 Å². The van der Waals surface area contributed by atoms with Gasteiger partial charge in [0.2, 0.25) is 0 Å². The Kier molecular flexibility index (Phi) is 3.26. The zero-order valence-electron chi connectivity index (χ0n) is 13.1. The van der Waals surface area contributed by atoms with E-state index < -0.39 is 0 Å². The van der Waals surface area contributed by atoms with E-state index in [1.807, 2.05) is 41.1 Å². The van der Waals surface area contributed by atoms with Crippen LogP contribution < -0.4 is 0 Å². The van der Waals surface area contributed by atoms with Crippen molar-refractivity contribution in [1.82, 2.24) is 15.0 Å². The van der Waals surface area contributed by atoms with E-state index in [4.69, 9.17) is 0 Å². The molecule has 0 aliphatic carbocycles. The molecular weight excluding hydrogens is 286 g/mol. The van der Waals surface area contributed by atoms with Crippen LogP contribution in [0.15, 0.2) is 58.5 Å². The lowest BCUT2D eigenvalue weighted by molar-refractivity contribution is 0.530. The summed E-state index contributed by atoms with van der Waals surface area (Å²) in [6.45, 7) is 4.81. The van der Waals surface area contributed by atoms with Crippen LogP contribution in [-0.2, 0) is 0 Å². The largest absolute Gasteiger partial charge is 0.260 e. The molecule has 1 aromatic heterocycles. The predicted molar refractivity (Wildman–Crippen MR) is 92.3 cm³/mol. The third kappa shape index (κ3) is 2.44. The van der Waals surface area contributed by atoms with Gasteiger partial charge in [0, 0.05) is 17.2 Å². The van der Waals surface area contributed by atoms with Gasteiger partial charge in [-0.05, 0) is 26.0 Å². The molecule has 0 N–H and O–H groups in total. The quantitative estimate of drug-likeness (QED) is 0.745. The molecule has 0 unspecified atom stereocenters. The van der Waals surface area contributed by atoms with Gasteiger partial charge in [-0.1, -0.05) is 41.6 Å². The average Bonchev–Trinajstić information content (AvgIpc) is 3.22. The van der Waals surface area contributed by atoms with Gasteiger partial charge in [0.25, 0.3) is 0 Å². The van der Waals surface area contributed by atoms with Crippen molar-refractivity contribution < 1.29 is 0 Å². The minimum absolute atomic E-state index is 0.294. The fraction of sp³-hybridized carbons (Fsp3) is 0.222. The van der Waals surface area contributed by atoms with Crippen molar-refractivity contribution in [3.05, 3.63) is 59.7 Å². The Morgan fingerprint density at radius 1 is 1.00 bits per heavy atom. The first kappa shape index (κ1) is 13.8. The molecule has 0 spiro atoms. The van der Waals surface area contributed by atoms with Crippen molar-refractivity contribution in [3.63, 3.8) is 0 Å². The highest BCUT2D eigenvalue weighted by atomic mass is 15.4. The molecule has 0 saturated heterocycles. The molecule has 2 aromatic carbocycles. The number of nitrogens with zero attached hydrogens (tertiary/aromatic N) is 5. The van der Waals surface area contributed by atoms with E-state index >= 15 is 0 Å². The molecule has 3 aromatic rings. The molecule has 0 fully saturated rings. The molecule has 0 atom stereocenters. The molecule has 4 rings (SSSR count). The van der Waals surface area contributed by atoms with Crippen molar-refractivity contribution in [3.8, 4) is 0 Å². The lowest BCUT2D eigenvalue weighted by Gasteiger charge is -2.05. The second kappa shape index (κ2) is 5.43. The number of fused-ring (bicyclic) bond motifs is 1. The molecule has 0 amide bonds. The molecule has 2 heterocycles. The predicted octanol–water partition coefficient (Wildman–Crippen LogP) is 3.26. The summed E-state index contributed by atoms with van der Waals surface area (Å²) < 4.78 is 1.93. The summed E-state index contributed by atoms with van der Waals surface area (Å²) in [6.07, 6.45) is 0. The Morgan fingerprint density at radius 2 is 1.83 bits per heavy atom. The van der Waals surface area contributed by atoms with Gasteiger partial charge in [0.15, 0.2) is 5.84 Å². The highest BCUT2D eigenvalue weighted by molar-refractivity contribution is 6.17. The van der Waals surface area contributed by atoms with E-state index in [-0.39, 0.29) is 0 Å². The van der Waals surface area contributed by atoms with Gasteiger partial charge in [-0.3, -0.25) is 4.99 Å². The summed E-state index contributed by atoms with van der Waals surface area (Å²) in [4.78, 5) is 9.24. The van der Waals surface area contributed by atoms with E-state index in [9.17, 15) is 0 Å². The van der Waals surface area contributed by atoms with E-state index in [2.05, 4.69) is 46.3 Å². The summed E-state index contributed by atoms with van der Waals surface area (Å²) in [5.41, 5.74) is 5.03. The lowest BCUT2D eigenvalue weighted by atomic mass is 10.1. The Morgan fingerprint density at radius 3 is 2.61 bits per heavy atom. The number of rotatable bonds is 3. The second-order valence-electron chi connectivity index (χ2n) is 5.90. The fourth-order valence-electron chi connectivity index (χ4n) is 2.75. The lowest BCUT2D eigenvalue weighted by Crippen LogP contribution is -2.04. The first-order valence-corrected chi connectivity index (χ1v) is 7.75. The molecule has 1 aliphatic rings. The summed E-state index contributed by atoms with van der Waals surface area (Å²) >= 11 is 0. The maximum atomic E-state index is 4.69. The van der Waals surface area contributed by atoms with E-state index in [0.29, 0.717) is 12.6 Å². The highest BCUT2D eigenvalue weighted by Gasteiger charge is 2.15. The first-order valence-electron chi connectivity index (χ1n) is 7.75. The van der Waals surface area contributed by atoms with Crippen LogP contribution in [0.4, 0.5) is 0 Å². The molecule has 0 bridgehead atoms. The van der Waals surface area contributed by atoms with Crippen molar-refractivity contribution in [2.45, 2.75) is 19.9 Å². The second-order valence-corrected chi connectivity index (χ2v) is 5.90. The minimum atomic E-state index is 0.294. The summed E-state index contributed by atoms with van der Waals surface area (Å²) in [5, 5.41) is 8.49. The van der Waals surface area contributed by atoms with Gasteiger partial charge in [0.1, 0.15) is 5.52 Å². The Labute approximate surface area is 134 Å². The smallest absolute Gasteiger partial charge is 0.155 e. The van der Waals surface area contributed by atoms with Gasteiger partial charge in [-0.15, -0.1) is 5.10 Å². The van der Waals surface area contributed by atoms with E-state index in [0.717, 1.165) is 33.7 Å². The van der Waals surface area contributed by atoms with Crippen LogP contribution in [0.1, 0.15) is 31.0 Å². The van der Waals surface area contributed by atoms with Crippen molar-refractivity contribution in [2.75, 3.05) is 6.54 Å². The highest BCUT2D eigenvalue weighted by Crippen LogP contribution is 2.19. The SMILES string of the molecule is CC(C)n1nnc2cc(C3=NC(c4ccccc4)=NC3)ccc21. The number of benzene rings is 2. The molecule has 5 heteroatoms. The number of aliphatic imine (C=N–C) groups is 2. The molecule has 0 saturated carbocycles. The number of amidine groups is 1. The van der Waals surface area contributed by atoms with Crippen molar-refractivity contribution in [1.29, 1.82) is 0 Å². The third-order valence-corrected chi connectivity index (χ3v) is 3.94. The van der Waals surface area contributed by atoms with Crippen LogP contribution in [0.25, 0.3) is 11.0 Å². The fourth-order valence-corrected chi connectivity index (χ4v) is 2.75. The standard InChI is InChI=1S/C18H17N5/c1-12(2)23-17-9-8-14(10-15(17)21-22-23)16-11-19-18(20-16)13-6-4-3-5-7-13/h3-10,12H,11H2,1-2H3. The summed E-state index contributed by atoms with van der Waals surface area (Å²) in [5.74, 6) is 0.798. The maximum Gasteiger partial charge on any atom is 0.155 e. The van der Waals surface area contributed by atoms with Gasteiger partial charge in [-0.2, -0.15) is 0 Å². The van der Waals surface area contributed by atoms with Gasteiger partial charge in [-0.25, -0.2) is 9.67 Å². The van der Waals surface area contributed by atoms with Crippen molar-refractivity contribution in [2.24, 2.45) is 9.98 Å². The zero-order chi connectivity index (χ0) is 15.8. The average molecular weight is 303 g/mol. The molecule has 23 heavy (non-hydrogen) atoms. The molecule has 0 radical (unpaired) electrons. The van der Waals surface area contributed by atoms with Crippen LogP contribution in [0.3, 0.4) is 0 Å². The van der Waals surface area contributed by atoms with Gasteiger partial charge >= 0.3 is 0 Å². The van der Waals surface area contributed by atoms with Gasteiger partial charge in [0.05, 0.1) is 17.8 Å². The van der Waals surface area contributed by atoms with Crippen LogP contribution in [0.2, 0.25) is 0 Å². The summed E-state index contributed by atoms with van der Waals surface area (Å²) in [7, 11) is 0. The van der Waals surface area contributed by atoms with E-state index in [1.165, 1.54) is 0 Å². The minimum Gasteiger partial charge on any atom is -0.260 e.